The van der Waals surface area contributed by atoms with E-state index < -0.39 is 0 Å². The highest BCUT2D eigenvalue weighted by molar-refractivity contribution is 5.90. The van der Waals surface area contributed by atoms with Crippen molar-refractivity contribution in [1.29, 1.82) is 0 Å². The van der Waals surface area contributed by atoms with Gasteiger partial charge in [0.15, 0.2) is 0 Å². The van der Waals surface area contributed by atoms with Crippen molar-refractivity contribution in [2.45, 2.75) is 6.10 Å². The number of rotatable bonds is 4. The Balaban J connectivity index is 1.69. The molecule has 2 aromatic rings. The lowest BCUT2D eigenvalue weighted by molar-refractivity contribution is 0.0600. The van der Waals surface area contributed by atoms with Crippen LogP contribution in [0.1, 0.15) is 15.9 Å². The normalized spacial score (nSPS) is 17.9. The molecule has 2 aromatic carbocycles. The third-order valence-corrected chi connectivity index (χ3v) is 4.03. The molecular formula is C20H21NO3. The van der Waals surface area contributed by atoms with Crippen LogP contribution in [-0.2, 0) is 9.47 Å². The second kappa shape index (κ2) is 7.79. The molecule has 124 valence electrons. The van der Waals surface area contributed by atoms with Gasteiger partial charge in [-0.05, 0) is 23.8 Å². The maximum atomic E-state index is 11.7. The summed E-state index contributed by atoms with van der Waals surface area (Å²) in [6, 6.07) is 17.7. The zero-order valence-corrected chi connectivity index (χ0v) is 13.7. The third-order valence-electron chi connectivity index (χ3n) is 4.03. The molecule has 1 aliphatic heterocycles. The number of carbonyl (C=O) groups excluding carboxylic acids is 1. The van der Waals surface area contributed by atoms with Gasteiger partial charge in [0.05, 0.1) is 25.4 Å². The quantitative estimate of drug-likeness (QED) is 0.809. The van der Waals surface area contributed by atoms with E-state index in [1.165, 1.54) is 7.11 Å². The molecule has 0 bridgehead atoms. The molecule has 4 heteroatoms. The average Bonchev–Trinajstić information content (AvgIpc) is 2.67. The summed E-state index contributed by atoms with van der Waals surface area (Å²) in [6.07, 6.45) is 4.20. The van der Waals surface area contributed by atoms with Crippen LogP contribution in [0.5, 0.6) is 0 Å². The van der Waals surface area contributed by atoms with Gasteiger partial charge < -0.3 is 14.4 Å². The molecule has 1 aliphatic rings. The molecule has 1 atom stereocenters. The van der Waals surface area contributed by atoms with Crippen LogP contribution in [0.25, 0.3) is 6.08 Å². The Morgan fingerprint density at radius 2 is 2.04 bits per heavy atom. The van der Waals surface area contributed by atoms with E-state index >= 15 is 0 Å². The minimum Gasteiger partial charge on any atom is -0.465 e. The number of benzene rings is 2. The SMILES string of the molecule is COC(=O)c1cccc(N2CCOC(/C=C/c3ccccc3)C2)c1. The zero-order chi connectivity index (χ0) is 16.8. The minimum atomic E-state index is -0.314. The van der Waals surface area contributed by atoms with Gasteiger partial charge in [0.25, 0.3) is 0 Å². The van der Waals surface area contributed by atoms with Gasteiger partial charge in [-0.2, -0.15) is 0 Å². The molecule has 0 aliphatic carbocycles. The fourth-order valence-electron chi connectivity index (χ4n) is 2.76. The Morgan fingerprint density at radius 1 is 1.21 bits per heavy atom. The molecule has 1 saturated heterocycles. The van der Waals surface area contributed by atoms with E-state index in [1.807, 2.05) is 36.4 Å². The molecule has 4 nitrogen and oxygen atoms in total. The number of esters is 1. The van der Waals surface area contributed by atoms with E-state index in [-0.39, 0.29) is 12.1 Å². The maximum absolute atomic E-state index is 11.7. The summed E-state index contributed by atoms with van der Waals surface area (Å²) in [5, 5.41) is 0. The summed E-state index contributed by atoms with van der Waals surface area (Å²) >= 11 is 0. The number of hydrogen-bond donors (Lipinski definition) is 0. The molecule has 0 N–H and O–H groups in total. The Morgan fingerprint density at radius 3 is 2.83 bits per heavy atom. The second-order valence-electron chi connectivity index (χ2n) is 5.67. The van der Waals surface area contributed by atoms with Crippen molar-refractivity contribution in [2.24, 2.45) is 0 Å². The molecule has 0 saturated carbocycles. The van der Waals surface area contributed by atoms with E-state index in [0.29, 0.717) is 12.2 Å². The van der Waals surface area contributed by atoms with Crippen LogP contribution in [0.2, 0.25) is 0 Å². The first-order valence-corrected chi connectivity index (χ1v) is 8.04. The third kappa shape index (κ3) is 4.03. The largest absolute Gasteiger partial charge is 0.465 e. The number of ether oxygens (including phenoxy) is 2. The number of nitrogens with zero attached hydrogens (tertiary/aromatic N) is 1. The van der Waals surface area contributed by atoms with Crippen molar-refractivity contribution < 1.29 is 14.3 Å². The minimum absolute atomic E-state index is 0.0285. The number of methoxy groups -OCH3 is 1. The Hall–Kier alpha value is -2.59. The summed E-state index contributed by atoms with van der Waals surface area (Å²) in [5.74, 6) is -0.314. The van der Waals surface area contributed by atoms with Crippen LogP contribution in [-0.4, -0.2) is 38.9 Å². The molecule has 3 rings (SSSR count). The molecule has 1 heterocycles. The van der Waals surface area contributed by atoms with Gasteiger partial charge >= 0.3 is 5.97 Å². The van der Waals surface area contributed by atoms with Gasteiger partial charge in [-0.1, -0.05) is 48.6 Å². The van der Waals surface area contributed by atoms with Crippen LogP contribution in [0.15, 0.2) is 60.7 Å². The standard InChI is InChI=1S/C20H21NO3/c1-23-20(22)17-8-5-9-18(14-17)21-12-13-24-19(15-21)11-10-16-6-3-2-4-7-16/h2-11,14,19H,12-13,15H2,1H3/b11-10+. The summed E-state index contributed by atoms with van der Waals surface area (Å²) in [7, 11) is 1.40. The van der Waals surface area contributed by atoms with Gasteiger partial charge in [0.2, 0.25) is 0 Å². The molecule has 1 fully saturated rings. The first kappa shape index (κ1) is 16.3. The van der Waals surface area contributed by atoms with E-state index in [1.54, 1.807) is 6.07 Å². The van der Waals surface area contributed by atoms with Crippen molar-refractivity contribution >= 4 is 17.7 Å². The topological polar surface area (TPSA) is 38.8 Å². The number of morpholine rings is 1. The number of anilines is 1. The van der Waals surface area contributed by atoms with Gasteiger partial charge in [0.1, 0.15) is 0 Å². The monoisotopic (exact) mass is 323 g/mol. The number of hydrogen-bond acceptors (Lipinski definition) is 4. The molecule has 0 amide bonds. The first-order chi connectivity index (χ1) is 11.8. The van der Waals surface area contributed by atoms with Crippen molar-refractivity contribution in [2.75, 3.05) is 31.7 Å². The van der Waals surface area contributed by atoms with Gasteiger partial charge in [0, 0.05) is 18.8 Å². The molecule has 1 unspecified atom stereocenters. The highest BCUT2D eigenvalue weighted by atomic mass is 16.5. The van der Waals surface area contributed by atoms with Crippen LogP contribution in [0.3, 0.4) is 0 Å². The highest BCUT2D eigenvalue weighted by Crippen LogP contribution is 2.20. The van der Waals surface area contributed by atoms with Crippen molar-refractivity contribution in [3.8, 4) is 0 Å². The van der Waals surface area contributed by atoms with Gasteiger partial charge in [-0.25, -0.2) is 4.79 Å². The molecule has 24 heavy (non-hydrogen) atoms. The van der Waals surface area contributed by atoms with Gasteiger partial charge in [-0.15, -0.1) is 0 Å². The predicted molar refractivity (Wildman–Crippen MR) is 95.2 cm³/mol. The Labute approximate surface area is 142 Å². The van der Waals surface area contributed by atoms with Gasteiger partial charge in [-0.3, -0.25) is 0 Å². The fourth-order valence-corrected chi connectivity index (χ4v) is 2.76. The van der Waals surface area contributed by atoms with Crippen LogP contribution >= 0.6 is 0 Å². The van der Waals surface area contributed by atoms with Crippen LogP contribution in [0.4, 0.5) is 5.69 Å². The molecule has 0 aromatic heterocycles. The smallest absolute Gasteiger partial charge is 0.337 e. The summed E-state index contributed by atoms with van der Waals surface area (Å²) in [4.78, 5) is 13.9. The van der Waals surface area contributed by atoms with Crippen molar-refractivity contribution in [1.82, 2.24) is 0 Å². The van der Waals surface area contributed by atoms with E-state index in [4.69, 9.17) is 9.47 Å². The second-order valence-corrected chi connectivity index (χ2v) is 5.67. The van der Waals surface area contributed by atoms with E-state index in [0.717, 1.165) is 24.3 Å². The summed E-state index contributed by atoms with van der Waals surface area (Å²) in [6.45, 7) is 2.22. The summed E-state index contributed by atoms with van der Waals surface area (Å²) in [5.41, 5.74) is 2.74. The lowest BCUT2D eigenvalue weighted by Gasteiger charge is -2.33. The average molecular weight is 323 g/mol. The van der Waals surface area contributed by atoms with Crippen molar-refractivity contribution in [3.05, 3.63) is 71.8 Å². The molecular weight excluding hydrogens is 302 g/mol. The fraction of sp³-hybridized carbons (Fsp3) is 0.250. The first-order valence-electron chi connectivity index (χ1n) is 8.04. The van der Waals surface area contributed by atoms with E-state index in [9.17, 15) is 4.79 Å². The zero-order valence-electron chi connectivity index (χ0n) is 13.7. The number of carbonyl (C=O) groups is 1. The lowest BCUT2D eigenvalue weighted by Crippen LogP contribution is -2.41. The predicted octanol–water partition coefficient (Wildman–Crippen LogP) is 3.39. The molecule has 0 radical (unpaired) electrons. The highest BCUT2D eigenvalue weighted by Gasteiger charge is 2.19. The Kier molecular flexibility index (Phi) is 5.29. The van der Waals surface area contributed by atoms with Crippen LogP contribution < -0.4 is 4.90 Å². The molecule has 0 spiro atoms. The van der Waals surface area contributed by atoms with E-state index in [2.05, 4.69) is 29.2 Å². The summed E-state index contributed by atoms with van der Waals surface area (Å²) < 4.78 is 10.6. The maximum Gasteiger partial charge on any atom is 0.337 e. The van der Waals surface area contributed by atoms with Crippen molar-refractivity contribution in [3.63, 3.8) is 0 Å². The Bertz CT molecular complexity index is 712. The lowest BCUT2D eigenvalue weighted by atomic mass is 10.1. The van der Waals surface area contributed by atoms with Crippen LogP contribution in [0, 0.1) is 0 Å².